The third kappa shape index (κ3) is 2.91. The van der Waals surface area contributed by atoms with Crippen LogP contribution in [0.2, 0.25) is 5.02 Å². The van der Waals surface area contributed by atoms with Crippen molar-refractivity contribution in [3.05, 3.63) is 69.7 Å². The topological polar surface area (TPSA) is 42.8 Å². The standard InChI is InChI=1S/C16H14ClN3OS/c1-21-14-5-3-2-4-13(14)20-15(18-19-16(20)22)10-11-6-8-12(17)9-7-11/h2-9H,10H2,1H3,(H,19,22). The van der Waals surface area contributed by atoms with Crippen LogP contribution in [0.3, 0.4) is 0 Å². The van der Waals surface area contributed by atoms with E-state index in [9.17, 15) is 0 Å². The number of para-hydroxylation sites is 2. The monoisotopic (exact) mass is 331 g/mol. The van der Waals surface area contributed by atoms with Gasteiger partial charge < -0.3 is 4.74 Å². The summed E-state index contributed by atoms with van der Waals surface area (Å²) < 4.78 is 7.85. The number of hydrogen-bond donors (Lipinski definition) is 1. The maximum atomic E-state index is 5.93. The van der Waals surface area contributed by atoms with Crippen LogP contribution in [0.25, 0.3) is 5.69 Å². The highest BCUT2D eigenvalue weighted by atomic mass is 35.5. The molecule has 1 N–H and O–H groups in total. The molecule has 1 aromatic heterocycles. The minimum Gasteiger partial charge on any atom is -0.495 e. The fourth-order valence-electron chi connectivity index (χ4n) is 2.30. The molecule has 3 rings (SSSR count). The summed E-state index contributed by atoms with van der Waals surface area (Å²) in [5, 5.41) is 7.91. The molecule has 0 unspecified atom stereocenters. The number of rotatable bonds is 4. The summed E-state index contributed by atoms with van der Waals surface area (Å²) in [6.07, 6.45) is 0.641. The summed E-state index contributed by atoms with van der Waals surface area (Å²) >= 11 is 11.3. The van der Waals surface area contributed by atoms with E-state index in [0.29, 0.717) is 16.2 Å². The molecule has 112 valence electrons. The maximum Gasteiger partial charge on any atom is 0.200 e. The molecule has 22 heavy (non-hydrogen) atoms. The highest BCUT2D eigenvalue weighted by Crippen LogP contribution is 2.24. The lowest BCUT2D eigenvalue weighted by atomic mass is 10.1. The highest BCUT2D eigenvalue weighted by Gasteiger charge is 2.12. The van der Waals surface area contributed by atoms with Crippen molar-refractivity contribution >= 4 is 23.8 Å². The van der Waals surface area contributed by atoms with Gasteiger partial charge in [0.2, 0.25) is 0 Å². The number of hydrogen-bond acceptors (Lipinski definition) is 3. The van der Waals surface area contributed by atoms with E-state index in [4.69, 9.17) is 28.6 Å². The molecule has 0 bridgehead atoms. The first kappa shape index (κ1) is 14.8. The molecule has 0 spiro atoms. The molecule has 1 heterocycles. The van der Waals surface area contributed by atoms with E-state index in [0.717, 1.165) is 22.8 Å². The number of nitrogens with one attached hydrogen (secondary N) is 1. The number of ether oxygens (including phenoxy) is 1. The van der Waals surface area contributed by atoms with Gasteiger partial charge in [-0.15, -0.1) is 0 Å². The van der Waals surface area contributed by atoms with Gasteiger partial charge in [0.25, 0.3) is 0 Å². The fraction of sp³-hybridized carbons (Fsp3) is 0.125. The van der Waals surface area contributed by atoms with Gasteiger partial charge in [-0.05, 0) is 42.0 Å². The van der Waals surface area contributed by atoms with Gasteiger partial charge >= 0.3 is 0 Å². The van der Waals surface area contributed by atoms with Gasteiger partial charge in [-0.1, -0.05) is 35.9 Å². The quantitative estimate of drug-likeness (QED) is 0.729. The van der Waals surface area contributed by atoms with Crippen LogP contribution in [0.5, 0.6) is 5.75 Å². The Morgan fingerprint density at radius 1 is 1.18 bits per heavy atom. The Morgan fingerprint density at radius 3 is 2.64 bits per heavy atom. The minimum atomic E-state index is 0.536. The van der Waals surface area contributed by atoms with E-state index in [2.05, 4.69) is 10.2 Å². The Bertz CT molecular complexity index is 839. The molecule has 0 radical (unpaired) electrons. The molecule has 0 amide bonds. The van der Waals surface area contributed by atoms with Crippen molar-refractivity contribution in [2.75, 3.05) is 7.11 Å². The van der Waals surface area contributed by atoms with Crippen molar-refractivity contribution in [1.82, 2.24) is 14.8 Å². The van der Waals surface area contributed by atoms with E-state index < -0.39 is 0 Å². The summed E-state index contributed by atoms with van der Waals surface area (Å²) in [5.74, 6) is 1.56. The summed E-state index contributed by atoms with van der Waals surface area (Å²) in [6.45, 7) is 0. The second kappa shape index (κ2) is 6.34. The molecule has 0 saturated carbocycles. The maximum absolute atomic E-state index is 5.93. The van der Waals surface area contributed by atoms with E-state index >= 15 is 0 Å². The van der Waals surface area contributed by atoms with Gasteiger partial charge in [-0.25, -0.2) is 0 Å². The van der Waals surface area contributed by atoms with Crippen molar-refractivity contribution in [3.63, 3.8) is 0 Å². The number of benzene rings is 2. The molecule has 0 atom stereocenters. The normalized spacial score (nSPS) is 10.6. The van der Waals surface area contributed by atoms with E-state index in [1.54, 1.807) is 7.11 Å². The molecule has 0 aliphatic rings. The largest absolute Gasteiger partial charge is 0.495 e. The number of aromatic amines is 1. The molecule has 6 heteroatoms. The molecular formula is C16H14ClN3OS. The van der Waals surface area contributed by atoms with Gasteiger partial charge in [0, 0.05) is 11.4 Å². The minimum absolute atomic E-state index is 0.536. The molecule has 0 aliphatic heterocycles. The zero-order valence-corrected chi connectivity index (χ0v) is 13.5. The van der Waals surface area contributed by atoms with Gasteiger partial charge in [-0.3, -0.25) is 9.67 Å². The van der Waals surface area contributed by atoms with E-state index in [1.807, 2.05) is 53.1 Å². The van der Waals surface area contributed by atoms with Crippen LogP contribution in [0.15, 0.2) is 48.5 Å². The second-order valence-corrected chi connectivity index (χ2v) is 5.58. The second-order valence-electron chi connectivity index (χ2n) is 4.76. The number of nitrogens with zero attached hydrogens (tertiary/aromatic N) is 2. The lowest BCUT2D eigenvalue weighted by molar-refractivity contribution is 0.412. The van der Waals surface area contributed by atoms with Crippen LogP contribution < -0.4 is 4.74 Å². The predicted octanol–water partition coefficient (Wildman–Crippen LogP) is 4.18. The molecular weight excluding hydrogens is 318 g/mol. The third-order valence-electron chi connectivity index (χ3n) is 3.34. The molecule has 4 nitrogen and oxygen atoms in total. The highest BCUT2D eigenvalue weighted by molar-refractivity contribution is 7.71. The Kier molecular flexibility index (Phi) is 4.27. The number of H-pyrrole nitrogens is 1. The Morgan fingerprint density at radius 2 is 1.91 bits per heavy atom. The van der Waals surface area contributed by atoms with Crippen LogP contribution in [-0.4, -0.2) is 21.9 Å². The lowest BCUT2D eigenvalue weighted by Crippen LogP contribution is -2.04. The predicted molar refractivity (Wildman–Crippen MR) is 89.6 cm³/mol. The first-order valence-corrected chi connectivity index (χ1v) is 7.52. The van der Waals surface area contributed by atoms with Crippen LogP contribution in [0.1, 0.15) is 11.4 Å². The summed E-state index contributed by atoms with van der Waals surface area (Å²) in [7, 11) is 1.64. The molecule has 3 aromatic rings. The van der Waals surface area contributed by atoms with Crippen LogP contribution in [-0.2, 0) is 6.42 Å². The van der Waals surface area contributed by atoms with Crippen molar-refractivity contribution in [2.45, 2.75) is 6.42 Å². The first-order valence-electron chi connectivity index (χ1n) is 6.73. The number of halogens is 1. The zero-order chi connectivity index (χ0) is 15.5. The lowest BCUT2D eigenvalue weighted by Gasteiger charge is -2.11. The third-order valence-corrected chi connectivity index (χ3v) is 3.87. The molecule has 0 aliphatic carbocycles. The van der Waals surface area contributed by atoms with Gasteiger partial charge in [0.15, 0.2) is 4.77 Å². The van der Waals surface area contributed by atoms with Gasteiger partial charge in [-0.2, -0.15) is 5.10 Å². The van der Waals surface area contributed by atoms with Crippen molar-refractivity contribution in [1.29, 1.82) is 0 Å². The first-order chi connectivity index (χ1) is 10.7. The summed E-state index contributed by atoms with van der Waals surface area (Å²) in [5.41, 5.74) is 1.97. The zero-order valence-electron chi connectivity index (χ0n) is 11.9. The van der Waals surface area contributed by atoms with Gasteiger partial charge in [0.1, 0.15) is 11.6 Å². The molecule has 0 fully saturated rings. The van der Waals surface area contributed by atoms with Crippen molar-refractivity contribution in [3.8, 4) is 11.4 Å². The average molecular weight is 332 g/mol. The number of methoxy groups -OCH3 is 1. The smallest absolute Gasteiger partial charge is 0.200 e. The molecule has 2 aromatic carbocycles. The van der Waals surface area contributed by atoms with Crippen LogP contribution in [0, 0.1) is 4.77 Å². The Labute approximate surface area is 138 Å². The Hall–Kier alpha value is -2.11. The van der Waals surface area contributed by atoms with E-state index in [-0.39, 0.29) is 0 Å². The fourth-order valence-corrected chi connectivity index (χ4v) is 2.67. The van der Waals surface area contributed by atoms with E-state index in [1.165, 1.54) is 0 Å². The van der Waals surface area contributed by atoms with Crippen LogP contribution in [0.4, 0.5) is 0 Å². The summed E-state index contributed by atoms with van der Waals surface area (Å²) in [4.78, 5) is 0. The SMILES string of the molecule is COc1ccccc1-n1c(Cc2ccc(Cl)cc2)n[nH]c1=S. The molecule has 0 saturated heterocycles. The van der Waals surface area contributed by atoms with Crippen molar-refractivity contribution in [2.24, 2.45) is 0 Å². The summed E-state index contributed by atoms with van der Waals surface area (Å²) in [6, 6.07) is 15.4. The number of aromatic nitrogens is 3. The van der Waals surface area contributed by atoms with Crippen molar-refractivity contribution < 1.29 is 4.74 Å². The van der Waals surface area contributed by atoms with Gasteiger partial charge in [0.05, 0.1) is 12.8 Å². The van der Waals surface area contributed by atoms with Crippen LogP contribution >= 0.6 is 23.8 Å². The average Bonchev–Trinajstić information content (AvgIpc) is 2.90. The Balaban J connectivity index is 2.04.